The van der Waals surface area contributed by atoms with Crippen LogP contribution < -0.4 is 10.1 Å². The number of ether oxygens (including phenoxy) is 1. The van der Waals surface area contributed by atoms with Gasteiger partial charge >= 0.3 is 0 Å². The summed E-state index contributed by atoms with van der Waals surface area (Å²) in [5, 5.41) is 19.9. The Morgan fingerprint density at radius 1 is 1.17 bits per heavy atom. The Hall–Kier alpha value is -2.79. The average molecular weight is 308 g/mol. The zero-order valence-electron chi connectivity index (χ0n) is 12.8. The maximum absolute atomic E-state index is 10.1. The number of nitrogens with zero attached hydrogens (tertiary/aromatic N) is 1. The molecule has 0 unspecified atom stereocenters. The molecule has 5 nitrogen and oxygen atoms in total. The number of anilines is 1. The van der Waals surface area contributed by atoms with Gasteiger partial charge in [0, 0.05) is 23.9 Å². The molecule has 0 bridgehead atoms. The second-order valence-electron chi connectivity index (χ2n) is 5.16. The first kappa shape index (κ1) is 15.1. The first-order chi connectivity index (χ1) is 11.2. The Morgan fingerprint density at radius 3 is 2.70 bits per heavy atom. The Kier molecular flexibility index (Phi) is 4.59. The lowest BCUT2D eigenvalue weighted by Crippen LogP contribution is -2.12. The third-order valence-electron chi connectivity index (χ3n) is 3.51. The van der Waals surface area contributed by atoms with E-state index in [1.807, 2.05) is 54.7 Å². The molecule has 0 aliphatic heterocycles. The van der Waals surface area contributed by atoms with Crippen molar-refractivity contribution in [2.45, 2.75) is 6.42 Å². The van der Waals surface area contributed by atoms with E-state index in [0.29, 0.717) is 6.42 Å². The molecule has 0 spiro atoms. The van der Waals surface area contributed by atoms with Crippen LogP contribution in [0.15, 0.2) is 60.9 Å². The van der Waals surface area contributed by atoms with E-state index >= 15 is 0 Å². The fraction of sp³-hybridized carbons (Fsp3) is 0.111. The molecule has 1 radical (unpaired) electrons. The number of aromatic nitrogens is 2. The average Bonchev–Trinajstić information content (AvgIpc) is 3.10. The van der Waals surface area contributed by atoms with Gasteiger partial charge in [0.05, 0.1) is 13.3 Å². The maximum atomic E-state index is 10.1. The van der Waals surface area contributed by atoms with E-state index in [4.69, 9.17) is 4.74 Å². The predicted octanol–water partition coefficient (Wildman–Crippen LogP) is 3.60. The minimum Gasteiger partial charge on any atom is -0.497 e. The van der Waals surface area contributed by atoms with Gasteiger partial charge in [-0.15, -0.1) is 0 Å². The highest BCUT2D eigenvalue weighted by molar-refractivity contribution is 5.64. The van der Waals surface area contributed by atoms with Crippen LogP contribution in [0.1, 0.15) is 5.56 Å². The third kappa shape index (κ3) is 3.90. The van der Waals surface area contributed by atoms with Crippen LogP contribution in [0.25, 0.3) is 11.1 Å². The highest BCUT2D eigenvalue weighted by atomic mass is 16.5. The number of hydrogen-bond donors (Lipinski definition) is 3. The topological polar surface area (TPSA) is 70.2 Å². The Balaban J connectivity index is 1.62. The first-order valence-electron chi connectivity index (χ1n) is 7.28. The molecule has 3 rings (SSSR count). The van der Waals surface area contributed by atoms with E-state index in [0.717, 1.165) is 28.1 Å². The van der Waals surface area contributed by atoms with Crippen molar-refractivity contribution in [3.05, 3.63) is 72.7 Å². The van der Waals surface area contributed by atoms with Gasteiger partial charge in [-0.2, -0.15) is 5.10 Å². The largest absolute Gasteiger partial charge is 0.497 e. The monoisotopic (exact) mass is 308 g/mol. The van der Waals surface area contributed by atoms with Gasteiger partial charge in [-0.05, 0) is 35.4 Å². The summed E-state index contributed by atoms with van der Waals surface area (Å²) in [4.78, 5) is 0. The minimum absolute atomic E-state index is 0.189. The molecule has 0 atom stereocenters. The standard InChI is InChI=1S/C18H18N3O2/c1-23-17-4-2-3-13(9-17)10-18(22)21-16-7-5-14(6-8-16)15-11-19-20-12-15/h2-9,11-12,21-22H,10H2,1H3,(H,19,20). The fourth-order valence-corrected chi connectivity index (χ4v) is 2.34. The summed E-state index contributed by atoms with van der Waals surface area (Å²) in [6, 6.07) is 15.4. The van der Waals surface area contributed by atoms with Crippen molar-refractivity contribution >= 4 is 5.69 Å². The second kappa shape index (κ2) is 6.98. The van der Waals surface area contributed by atoms with Crippen molar-refractivity contribution in [1.82, 2.24) is 10.2 Å². The lowest BCUT2D eigenvalue weighted by atomic mass is 10.1. The van der Waals surface area contributed by atoms with Gasteiger partial charge < -0.3 is 15.2 Å². The summed E-state index contributed by atoms with van der Waals surface area (Å²) in [7, 11) is 1.63. The van der Waals surface area contributed by atoms with Crippen LogP contribution in [0.4, 0.5) is 5.69 Å². The number of H-pyrrole nitrogens is 1. The Bertz CT molecular complexity index is 739. The van der Waals surface area contributed by atoms with E-state index in [1.54, 1.807) is 13.3 Å². The molecular weight excluding hydrogens is 290 g/mol. The molecule has 0 aliphatic carbocycles. The zero-order chi connectivity index (χ0) is 16.1. The molecule has 117 valence electrons. The molecule has 1 aromatic heterocycles. The third-order valence-corrected chi connectivity index (χ3v) is 3.51. The molecule has 23 heavy (non-hydrogen) atoms. The molecule has 2 aromatic carbocycles. The van der Waals surface area contributed by atoms with E-state index < -0.39 is 0 Å². The number of aliphatic hydroxyl groups excluding tert-OH is 1. The fourth-order valence-electron chi connectivity index (χ4n) is 2.34. The van der Waals surface area contributed by atoms with Crippen molar-refractivity contribution in [1.29, 1.82) is 0 Å². The summed E-state index contributed by atoms with van der Waals surface area (Å²) in [5.41, 5.74) is 3.90. The number of aromatic amines is 1. The lowest BCUT2D eigenvalue weighted by molar-refractivity contribution is 0.313. The van der Waals surface area contributed by atoms with Gasteiger partial charge in [-0.1, -0.05) is 24.3 Å². The van der Waals surface area contributed by atoms with E-state index in [9.17, 15) is 5.11 Å². The second-order valence-corrected chi connectivity index (χ2v) is 5.16. The van der Waals surface area contributed by atoms with Crippen LogP contribution in [0.3, 0.4) is 0 Å². The van der Waals surface area contributed by atoms with Crippen molar-refractivity contribution in [2.24, 2.45) is 0 Å². The van der Waals surface area contributed by atoms with Gasteiger partial charge in [0.15, 0.2) is 6.23 Å². The van der Waals surface area contributed by atoms with Crippen molar-refractivity contribution in [2.75, 3.05) is 12.4 Å². The first-order valence-corrected chi connectivity index (χ1v) is 7.28. The van der Waals surface area contributed by atoms with Crippen molar-refractivity contribution < 1.29 is 9.84 Å². The maximum Gasteiger partial charge on any atom is 0.188 e. The summed E-state index contributed by atoms with van der Waals surface area (Å²) in [6.45, 7) is 0. The molecule has 3 aromatic rings. The molecule has 0 fully saturated rings. The minimum atomic E-state index is 0.189. The number of hydrogen-bond acceptors (Lipinski definition) is 4. The van der Waals surface area contributed by atoms with Crippen LogP contribution in [-0.4, -0.2) is 22.4 Å². The van der Waals surface area contributed by atoms with E-state index in [-0.39, 0.29) is 6.23 Å². The molecular formula is C18H18N3O2. The normalized spacial score (nSPS) is 10.7. The number of aliphatic hydroxyl groups is 1. The van der Waals surface area contributed by atoms with Crippen LogP contribution in [-0.2, 0) is 6.42 Å². The van der Waals surface area contributed by atoms with Crippen molar-refractivity contribution in [3.63, 3.8) is 0 Å². The summed E-state index contributed by atoms with van der Waals surface area (Å²) in [6.07, 6.45) is 4.22. The number of rotatable bonds is 6. The smallest absolute Gasteiger partial charge is 0.188 e. The zero-order valence-corrected chi connectivity index (χ0v) is 12.8. The van der Waals surface area contributed by atoms with Crippen LogP contribution >= 0.6 is 0 Å². The number of methoxy groups -OCH3 is 1. The summed E-state index contributed by atoms with van der Waals surface area (Å²) >= 11 is 0. The predicted molar refractivity (Wildman–Crippen MR) is 89.5 cm³/mol. The summed E-state index contributed by atoms with van der Waals surface area (Å²) in [5.74, 6) is 0.778. The van der Waals surface area contributed by atoms with Gasteiger partial charge in [0.2, 0.25) is 0 Å². The Morgan fingerprint density at radius 2 is 2.00 bits per heavy atom. The van der Waals surface area contributed by atoms with E-state index in [1.165, 1.54) is 0 Å². The summed E-state index contributed by atoms with van der Waals surface area (Å²) < 4.78 is 5.18. The van der Waals surface area contributed by atoms with Gasteiger partial charge in [-0.3, -0.25) is 5.10 Å². The number of benzene rings is 2. The lowest BCUT2D eigenvalue weighted by Gasteiger charge is -2.13. The highest BCUT2D eigenvalue weighted by Gasteiger charge is 2.08. The quantitative estimate of drug-likeness (QED) is 0.650. The van der Waals surface area contributed by atoms with Crippen LogP contribution in [0.5, 0.6) is 5.75 Å². The SMILES string of the molecule is COc1cccc(C[C](O)Nc2ccc(-c3cn[nH]c3)cc2)c1. The molecule has 0 amide bonds. The number of nitrogens with one attached hydrogen (secondary N) is 2. The molecule has 0 saturated carbocycles. The molecule has 0 saturated heterocycles. The molecule has 1 heterocycles. The van der Waals surface area contributed by atoms with Crippen molar-refractivity contribution in [3.8, 4) is 16.9 Å². The van der Waals surface area contributed by atoms with Crippen LogP contribution in [0, 0.1) is 6.23 Å². The van der Waals surface area contributed by atoms with E-state index in [2.05, 4.69) is 15.5 Å². The highest BCUT2D eigenvalue weighted by Crippen LogP contribution is 2.22. The van der Waals surface area contributed by atoms with Gasteiger partial charge in [0.25, 0.3) is 0 Å². The van der Waals surface area contributed by atoms with Crippen LogP contribution in [0.2, 0.25) is 0 Å². The molecule has 3 N–H and O–H groups in total. The Labute approximate surface area is 134 Å². The van der Waals surface area contributed by atoms with Gasteiger partial charge in [0.1, 0.15) is 5.75 Å². The molecule has 0 aliphatic rings. The van der Waals surface area contributed by atoms with Gasteiger partial charge in [-0.25, -0.2) is 0 Å². The molecule has 5 heteroatoms.